The lowest BCUT2D eigenvalue weighted by Gasteiger charge is -2.40. The molecule has 1 aliphatic carbocycles. The molecule has 0 unspecified atom stereocenters. The van der Waals surface area contributed by atoms with Crippen molar-refractivity contribution in [1.29, 1.82) is 0 Å². The number of amides is 2. The summed E-state index contributed by atoms with van der Waals surface area (Å²) in [6, 6.07) is 3.02. The van der Waals surface area contributed by atoms with Crippen LogP contribution < -0.4 is 5.32 Å². The van der Waals surface area contributed by atoms with E-state index in [4.69, 9.17) is 0 Å². The third kappa shape index (κ3) is 4.30. The first-order chi connectivity index (χ1) is 12.8. The molecule has 0 bridgehead atoms. The van der Waals surface area contributed by atoms with Crippen LogP contribution in [-0.4, -0.2) is 35.3 Å². The van der Waals surface area contributed by atoms with E-state index in [-0.39, 0.29) is 35.6 Å². The molecule has 1 heterocycles. The van der Waals surface area contributed by atoms with Crippen molar-refractivity contribution in [3.63, 3.8) is 0 Å². The molecule has 1 aromatic rings. The highest BCUT2D eigenvalue weighted by Gasteiger charge is 2.50. The van der Waals surface area contributed by atoms with E-state index < -0.39 is 17.7 Å². The van der Waals surface area contributed by atoms with Crippen molar-refractivity contribution in [1.82, 2.24) is 10.2 Å². The number of nitrogens with one attached hydrogen (secondary N) is 1. The quantitative estimate of drug-likeness (QED) is 0.822. The Bertz CT molecular complexity index is 722. The Kier molecular flexibility index (Phi) is 5.82. The summed E-state index contributed by atoms with van der Waals surface area (Å²) in [5.41, 5.74) is 0.390. The second kappa shape index (κ2) is 7.95. The summed E-state index contributed by atoms with van der Waals surface area (Å²) < 4.78 is 27.2. The number of carbonyl (C=O) groups is 2. The first kappa shape index (κ1) is 19.8. The average Bonchev–Trinajstić information content (AvgIpc) is 3.36. The number of carbonyl (C=O) groups excluding carboxylic acids is 2. The number of piperazine rings is 1. The van der Waals surface area contributed by atoms with Crippen molar-refractivity contribution in [3.05, 3.63) is 35.4 Å². The maximum Gasteiger partial charge on any atom is 0.243 e. The Balaban J connectivity index is 1.76. The van der Waals surface area contributed by atoms with E-state index in [2.05, 4.69) is 5.32 Å². The second-order valence-corrected chi connectivity index (χ2v) is 8.24. The van der Waals surface area contributed by atoms with Gasteiger partial charge in [0.1, 0.15) is 17.7 Å². The van der Waals surface area contributed by atoms with E-state index in [0.29, 0.717) is 24.9 Å². The summed E-state index contributed by atoms with van der Waals surface area (Å²) >= 11 is 0. The first-order valence-electron chi connectivity index (χ1n) is 9.87. The standard InChI is InChI=1S/C21H28F2N2O2/c1-4-5-14-11-25(19(8-12(2)3)20(26)24-14)21(27)17-10-16(17)15-7-6-13(22)9-18(15)23/h6-7,9,12,14,16-17,19H,4-5,8,10-11H2,1-3H3,(H,24,26)/t14-,16-,17+,19-/m0/s1. The van der Waals surface area contributed by atoms with Crippen LogP contribution in [0.25, 0.3) is 0 Å². The van der Waals surface area contributed by atoms with E-state index in [9.17, 15) is 18.4 Å². The van der Waals surface area contributed by atoms with Crippen molar-refractivity contribution in [2.75, 3.05) is 6.54 Å². The number of halogens is 2. The molecule has 27 heavy (non-hydrogen) atoms. The molecular formula is C21H28F2N2O2. The number of hydrogen-bond donors (Lipinski definition) is 1. The number of nitrogens with zero attached hydrogens (tertiary/aromatic N) is 1. The fourth-order valence-corrected chi connectivity index (χ4v) is 4.11. The zero-order valence-corrected chi connectivity index (χ0v) is 16.2. The van der Waals surface area contributed by atoms with Gasteiger partial charge in [0.15, 0.2) is 0 Å². The van der Waals surface area contributed by atoms with Gasteiger partial charge >= 0.3 is 0 Å². The largest absolute Gasteiger partial charge is 0.350 e. The predicted molar refractivity (Wildman–Crippen MR) is 99.0 cm³/mol. The Morgan fingerprint density at radius 2 is 2.07 bits per heavy atom. The number of rotatable bonds is 6. The molecule has 0 aromatic heterocycles. The van der Waals surface area contributed by atoms with E-state index >= 15 is 0 Å². The minimum absolute atomic E-state index is 0.0328. The molecule has 2 aliphatic rings. The van der Waals surface area contributed by atoms with Crippen LogP contribution in [0, 0.1) is 23.5 Å². The van der Waals surface area contributed by atoms with E-state index in [1.165, 1.54) is 12.1 Å². The number of hydrogen-bond acceptors (Lipinski definition) is 2. The van der Waals surface area contributed by atoms with Crippen molar-refractivity contribution in [2.45, 2.75) is 64.5 Å². The summed E-state index contributed by atoms with van der Waals surface area (Å²) in [4.78, 5) is 27.5. The second-order valence-electron chi connectivity index (χ2n) is 8.24. The van der Waals surface area contributed by atoms with Crippen molar-refractivity contribution in [3.8, 4) is 0 Å². The van der Waals surface area contributed by atoms with Gasteiger partial charge in [-0.25, -0.2) is 8.78 Å². The van der Waals surface area contributed by atoms with Gasteiger partial charge in [-0.15, -0.1) is 0 Å². The van der Waals surface area contributed by atoms with Gasteiger partial charge in [0.25, 0.3) is 0 Å². The highest BCUT2D eigenvalue weighted by Crippen LogP contribution is 2.49. The van der Waals surface area contributed by atoms with Crippen LogP contribution >= 0.6 is 0 Å². The minimum atomic E-state index is -0.619. The van der Waals surface area contributed by atoms with Crippen LogP contribution in [0.5, 0.6) is 0 Å². The average molecular weight is 378 g/mol. The lowest BCUT2D eigenvalue weighted by Crippen LogP contribution is -2.62. The van der Waals surface area contributed by atoms with Gasteiger partial charge in [-0.05, 0) is 42.7 Å². The molecule has 1 saturated carbocycles. The maximum atomic E-state index is 14.1. The van der Waals surface area contributed by atoms with Crippen molar-refractivity contribution < 1.29 is 18.4 Å². The van der Waals surface area contributed by atoms with Gasteiger partial charge in [-0.2, -0.15) is 0 Å². The Labute approximate surface area is 159 Å². The monoisotopic (exact) mass is 378 g/mol. The maximum absolute atomic E-state index is 14.1. The summed E-state index contributed by atoms with van der Waals surface area (Å²) in [5.74, 6) is -1.66. The van der Waals surface area contributed by atoms with Crippen LogP contribution in [-0.2, 0) is 9.59 Å². The van der Waals surface area contributed by atoms with Gasteiger partial charge in [-0.3, -0.25) is 9.59 Å². The predicted octanol–water partition coefficient (Wildman–Crippen LogP) is 3.61. The van der Waals surface area contributed by atoms with Crippen LogP contribution in [0.3, 0.4) is 0 Å². The summed E-state index contributed by atoms with van der Waals surface area (Å²) in [5, 5.41) is 3.04. The van der Waals surface area contributed by atoms with Crippen LogP contribution in [0.15, 0.2) is 18.2 Å². The zero-order chi connectivity index (χ0) is 19.7. The topological polar surface area (TPSA) is 49.4 Å². The van der Waals surface area contributed by atoms with Crippen LogP contribution in [0.4, 0.5) is 8.78 Å². The molecule has 4 atom stereocenters. The van der Waals surface area contributed by atoms with Gasteiger partial charge in [-0.1, -0.05) is 33.3 Å². The highest BCUT2D eigenvalue weighted by atomic mass is 19.1. The molecule has 0 radical (unpaired) electrons. The van der Waals surface area contributed by atoms with Gasteiger partial charge in [0.2, 0.25) is 11.8 Å². The fourth-order valence-electron chi connectivity index (χ4n) is 4.11. The molecule has 148 valence electrons. The van der Waals surface area contributed by atoms with Gasteiger partial charge in [0, 0.05) is 24.6 Å². The SMILES string of the molecule is CCC[C@H]1CN(C(=O)[C@@H]2C[C@H]2c2ccc(F)cc2F)[C@@H](CC(C)C)C(=O)N1. The Morgan fingerprint density at radius 3 is 2.70 bits per heavy atom. The molecule has 1 aliphatic heterocycles. The molecule has 4 nitrogen and oxygen atoms in total. The third-order valence-corrected chi connectivity index (χ3v) is 5.53. The molecule has 1 saturated heterocycles. The highest BCUT2D eigenvalue weighted by molar-refractivity contribution is 5.91. The molecule has 6 heteroatoms. The summed E-state index contributed by atoms with van der Waals surface area (Å²) in [7, 11) is 0. The summed E-state index contributed by atoms with van der Waals surface area (Å²) in [6.07, 6.45) is 2.91. The smallest absolute Gasteiger partial charge is 0.243 e. The van der Waals surface area contributed by atoms with E-state index in [0.717, 1.165) is 18.9 Å². The number of benzene rings is 1. The minimum Gasteiger partial charge on any atom is -0.350 e. The van der Waals surface area contributed by atoms with Gasteiger partial charge < -0.3 is 10.2 Å². The van der Waals surface area contributed by atoms with Gasteiger partial charge in [0.05, 0.1) is 0 Å². The normalized spacial score (nSPS) is 27.6. The lowest BCUT2D eigenvalue weighted by atomic mass is 9.96. The van der Waals surface area contributed by atoms with Crippen LogP contribution in [0.2, 0.25) is 0 Å². The molecule has 1 aromatic carbocycles. The molecule has 3 rings (SSSR count). The zero-order valence-electron chi connectivity index (χ0n) is 16.2. The van der Waals surface area contributed by atoms with Crippen LogP contribution in [0.1, 0.15) is 57.9 Å². The fraction of sp³-hybridized carbons (Fsp3) is 0.619. The Morgan fingerprint density at radius 1 is 1.33 bits per heavy atom. The van der Waals surface area contributed by atoms with Crippen molar-refractivity contribution in [2.24, 2.45) is 11.8 Å². The molecule has 1 N–H and O–H groups in total. The summed E-state index contributed by atoms with van der Waals surface area (Å²) in [6.45, 7) is 6.61. The third-order valence-electron chi connectivity index (χ3n) is 5.53. The lowest BCUT2D eigenvalue weighted by molar-refractivity contribution is -0.146. The van der Waals surface area contributed by atoms with Crippen molar-refractivity contribution >= 4 is 11.8 Å². The first-order valence-corrected chi connectivity index (χ1v) is 9.87. The van der Waals surface area contributed by atoms with E-state index in [1.54, 1.807) is 4.90 Å². The Hall–Kier alpha value is -1.98. The van der Waals surface area contributed by atoms with E-state index in [1.807, 2.05) is 20.8 Å². The molecule has 2 amide bonds. The molecule has 0 spiro atoms. The molecular weight excluding hydrogens is 350 g/mol. The molecule has 2 fully saturated rings.